The van der Waals surface area contributed by atoms with Crippen molar-refractivity contribution in [3.05, 3.63) is 35.6 Å². The van der Waals surface area contributed by atoms with Crippen LogP contribution in [0.15, 0.2) is 28.9 Å². The molecule has 0 aliphatic heterocycles. The number of aliphatic hydroxyl groups is 1. The van der Waals surface area contributed by atoms with E-state index < -0.39 is 5.60 Å². The van der Waals surface area contributed by atoms with Crippen molar-refractivity contribution in [1.29, 1.82) is 0 Å². The second kappa shape index (κ2) is 3.38. The van der Waals surface area contributed by atoms with Crippen LogP contribution in [0.1, 0.15) is 25.0 Å². The fourth-order valence-corrected chi connectivity index (χ4v) is 1.85. The van der Waals surface area contributed by atoms with E-state index in [1.165, 1.54) is 0 Å². The van der Waals surface area contributed by atoms with Crippen molar-refractivity contribution >= 4 is 11.0 Å². The number of rotatable bonds is 2. The largest absolute Gasteiger partial charge is 0.464 e. The normalized spacial score (nSPS) is 12.3. The molecule has 2 aromatic rings. The molecule has 1 aromatic carbocycles. The van der Waals surface area contributed by atoms with Gasteiger partial charge in [0.05, 0.1) is 11.9 Å². The van der Waals surface area contributed by atoms with Crippen LogP contribution in [0, 0.1) is 6.92 Å². The molecule has 0 atom stereocenters. The smallest absolute Gasteiger partial charge is 0.137 e. The van der Waals surface area contributed by atoms with Gasteiger partial charge in [-0.05, 0) is 31.9 Å². The van der Waals surface area contributed by atoms with Gasteiger partial charge >= 0.3 is 0 Å². The second-order valence-corrected chi connectivity index (χ2v) is 4.70. The third kappa shape index (κ3) is 2.05. The molecule has 0 radical (unpaired) electrons. The number of hydrogen-bond acceptors (Lipinski definition) is 2. The first kappa shape index (κ1) is 10.2. The predicted molar refractivity (Wildman–Crippen MR) is 61.0 cm³/mol. The first-order chi connectivity index (χ1) is 6.97. The van der Waals surface area contributed by atoms with Gasteiger partial charge < -0.3 is 9.52 Å². The minimum absolute atomic E-state index is 0.608. The molecule has 80 valence electrons. The van der Waals surface area contributed by atoms with E-state index in [-0.39, 0.29) is 0 Å². The summed E-state index contributed by atoms with van der Waals surface area (Å²) in [5.41, 5.74) is 2.41. The molecular weight excluding hydrogens is 188 g/mol. The lowest BCUT2D eigenvalue weighted by Gasteiger charge is -2.16. The highest BCUT2D eigenvalue weighted by molar-refractivity contribution is 5.83. The maximum atomic E-state index is 9.80. The summed E-state index contributed by atoms with van der Waals surface area (Å²) in [6, 6.07) is 6.05. The molecule has 0 spiro atoms. The van der Waals surface area contributed by atoms with Crippen molar-refractivity contribution in [3.8, 4) is 0 Å². The standard InChI is InChI=1S/C13H16O2/c1-9-8-15-12-10(7-13(2,3)14)5-4-6-11(9)12/h4-6,8,14H,7H2,1-3H3. The quantitative estimate of drug-likeness (QED) is 0.815. The van der Waals surface area contributed by atoms with Crippen LogP contribution in [0.2, 0.25) is 0 Å². The van der Waals surface area contributed by atoms with Gasteiger partial charge in [0, 0.05) is 11.8 Å². The maximum absolute atomic E-state index is 9.80. The molecule has 0 saturated carbocycles. The third-order valence-corrected chi connectivity index (χ3v) is 2.50. The van der Waals surface area contributed by atoms with E-state index in [2.05, 4.69) is 0 Å². The topological polar surface area (TPSA) is 33.4 Å². The van der Waals surface area contributed by atoms with Crippen molar-refractivity contribution < 1.29 is 9.52 Å². The highest BCUT2D eigenvalue weighted by Gasteiger charge is 2.16. The van der Waals surface area contributed by atoms with E-state index in [4.69, 9.17) is 4.42 Å². The number of aryl methyl sites for hydroxylation is 1. The van der Waals surface area contributed by atoms with Crippen LogP contribution >= 0.6 is 0 Å². The Hall–Kier alpha value is -1.28. The molecule has 2 heteroatoms. The molecule has 0 aliphatic carbocycles. The number of hydrogen-bond donors (Lipinski definition) is 1. The number of furan rings is 1. The molecule has 0 fully saturated rings. The molecule has 1 heterocycles. The fourth-order valence-electron chi connectivity index (χ4n) is 1.85. The Morgan fingerprint density at radius 1 is 1.33 bits per heavy atom. The molecule has 0 unspecified atom stereocenters. The highest BCUT2D eigenvalue weighted by atomic mass is 16.3. The van der Waals surface area contributed by atoms with E-state index in [0.717, 1.165) is 22.1 Å². The molecular formula is C13H16O2. The van der Waals surface area contributed by atoms with Gasteiger partial charge in [-0.25, -0.2) is 0 Å². The average molecular weight is 204 g/mol. The molecule has 15 heavy (non-hydrogen) atoms. The van der Waals surface area contributed by atoms with Gasteiger partial charge in [0.1, 0.15) is 5.58 Å². The lowest BCUT2D eigenvalue weighted by atomic mass is 9.97. The maximum Gasteiger partial charge on any atom is 0.137 e. The number of fused-ring (bicyclic) bond motifs is 1. The van der Waals surface area contributed by atoms with Crippen molar-refractivity contribution in [3.63, 3.8) is 0 Å². The average Bonchev–Trinajstić information content (AvgIpc) is 2.47. The number of benzene rings is 1. The van der Waals surface area contributed by atoms with Crippen LogP contribution in [0.4, 0.5) is 0 Å². The molecule has 2 nitrogen and oxygen atoms in total. The van der Waals surface area contributed by atoms with Gasteiger partial charge in [-0.2, -0.15) is 0 Å². The molecule has 1 aromatic heterocycles. The summed E-state index contributed by atoms with van der Waals surface area (Å²) in [5.74, 6) is 0. The van der Waals surface area contributed by atoms with E-state index in [1.54, 1.807) is 6.26 Å². The lowest BCUT2D eigenvalue weighted by molar-refractivity contribution is 0.0811. The summed E-state index contributed by atoms with van der Waals surface area (Å²) in [7, 11) is 0. The summed E-state index contributed by atoms with van der Waals surface area (Å²) >= 11 is 0. The molecule has 0 aliphatic rings. The van der Waals surface area contributed by atoms with Crippen LogP contribution in [0.5, 0.6) is 0 Å². The minimum atomic E-state index is -0.699. The highest BCUT2D eigenvalue weighted by Crippen LogP contribution is 2.26. The number of para-hydroxylation sites is 1. The summed E-state index contributed by atoms with van der Waals surface area (Å²) in [6.07, 6.45) is 2.37. The van der Waals surface area contributed by atoms with Crippen molar-refractivity contribution in [2.45, 2.75) is 32.8 Å². The SMILES string of the molecule is Cc1coc2c(CC(C)(C)O)cccc12. The monoisotopic (exact) mass is 204 g/mol. The molecule has 2 rings (SSSR count). The van der Waals surface area contributed by atoms with Gasteiger partial charge in [-0.3, -0.25) is 0 Å². The molecule has 0 bridgehead atoms. The second-order valence-electron chi connectivity index (χ2n) is 4.70. The first-order valence-electron chi connectivity index (χ1n) is 5.15. The third-order valence-electron chi connectivity index (χ3n) is 2.50. The minimum Gasteiger partial charge on any atom is -0.464 e. The van der Waals surface area contributed by atoms with Gasteiger partial charge in [0.2, 0.25) is 0 Å². The fraction of sp³-hybridized carbons (Fsp3) is 0.385. The van der Waals surface area contributed by atoms with Crippen LogP contribution < -0.4 is 0 Å². The van der Waals surface area contributed by atoms with E-state index in [9.17, 15) is 5.11 Å². The van der Waals surface area contributed by atoms with Gasteiger partial charge in [-0.1, -0.05) is 18.2 Å². The van der Waals surface area contributed by atoms with E-state index >= 15 is 0 Å². The van der Waals surface area contributed by atoms with E-state index in [0.29, 0.717) is 6.42 Å². The summed E-state index contributed by atoms with van der Waals surface area (Å²) in [5, 5.41) is 10.9. The molecule has 1 N–H and O–H groups in total. The Kier molecular flexibility index (Phi) is 2.31. The molecule has 0 saturated heterocycles. The first-order valence-corrected chi connectivity index (χ1v) is 5.15. The Bertz CT molecular complexity index is 475. The van der Waals surface area contributed by atoms with Crippen LogP contribution in [-0.2, 0) is 6.42 Å². The molecule has 0 amide bonds. The zero-order valence-corrected chi connectivity index (χ0v) is 9.37. The van der Waals surface area contributed by atoms with Crippen LogP contribution in [0.25, 0.3) is 11.0 Å². The predicted octanol–water partition coefficient (Wildman–Crippen LogP) is 3.05. The van der Waals surface area contributed by atoms with E-state index in [1.807, 2.05) is 39.0 Å². The zero-order valence-electron chi connectivity index (χ0n) is 9.37. The van der Waals surface area contributed by atoms with Gasteiger partial charge in [-0.15, -0.1) is 0 Å². The van der Waals surface area contributed by atoms with Gasteiger partial charge in [0.25, 0.3) is 0 Å². The van der Waals surface area contributed by atoms with Crippen molar-refractivity contribution in [2.24, 2.45) is 0 Å². The summed E-state index contributed by atoms with van der Waals surface area (Å²) in [6.45, 7) is 5.64. The Balaban J connectivity index is 2.52. The van der Waals surface area contributed by atoms with Crippen LogP contribution in [-0.4, -0.2) is 10.7 Å². The van der Waals surface area contributed by atoms with Crippen molar-refractivity contribution in [1.82, 2.24) is 0 Å². The van der Waals surface area contributed by atoms with Gasteiger partial charge in [0.15, 0.2) is 0 Å². The summed E-state index contributed by atoms with van der Waals surface area (Å²) < 4.78 is 5.51. The summed E-state index contributed by atoms with van der Waals surface area (Å²) in [4.78, 5) is 0. The Morgan fingerprint density at radius 3 is 2.73 bits per heavy atom. The Labute approximate surface area is 89.5 Å². The van der Waals surface area contributed by atoms with Crippen LogP contribution in [0.3, 0.4) is 0 Å². The Morgan fingerprint density at radius 2 is 2.07 bits per heavy atom. The zero-order chi connectivity index (χ0) is 11.1. The van der Waals surface area contributed by atoms with Crippen molar-refractivity contribution in [2.75, 3.05) is 0 Å². The lowest BCUT2D eigenvalue weighted by Crippen LogP contribution is -2.21.